The molecule has 142 valence electrons. The van der Waals surface area contributed by atoms with Crippen molar-refractivity contribution in [2.24, 2.45) is 11.8 Å². The van der Waals surface area contributed by atoms with Crippen LogP contribution < -0.4 is 9.46 Å². The second kappa shape index (κ2) is 7.68. The van der Waals surface area contributed by atoms with Gasteiger partial charge in [-0.2, -0.15) is 0 Å². The topological polar surface area (TPSA) is 75.6 Å². The largest absolute Gasteiger partial charge is 0.493 e. The number of benzene rings is 1. The summed E-state index contributed by atoms with van der Waals surface area (Å²) < 4.78 is 33.4. The second-order valence-electron chi connectivity index (χ2n) is 7.18. The molecule has 1 aromatic carbocycles. The summed E-state index contributed by atoms with van der Waals surface area (Å²) in [7, 11) is -3.70. The van der Waals surface area contributed by atoms with Crippen molar-refractivity contribution in [3.63, 3.8) is 0 Å². The summed E-state index contributed by atoms with van der Waals surface area (Å²) >= 11 is 1.45. The quantitative estimate of drug-likeness (QED) is 0.683. The normalized spacial score (nSPS) is 17.2. The van der Waals surface area contributed by atoms with Gasteiger partial charge in [-0.1, -0.05) is 19.9 Å². The Balaban J connectivity index is 1.68. The highest BCUT2D eigenvalue weighted by atomic mass is 32.2. The molecule has 26 heavy (non-hydrogen) atoms. The van der Waals surface area contributed by atoms with Gasteiger partial charge in [0.15, 0.2) is 0 Å². The molecular weight excluding hydrogens is 370 g/mol. The highest BCUT2D eigenvalue weighted by Crippen LogP contribution is 2.46. The molecule has 7 heteroatoms. The van der Waals surface area contributed by atoms with Crippen LogP contribution in [0, 0.1) is 11.8 Å². The van der Waals surface area contributed by atoms with Crippen molar-refractivity contribution in [1.82, 2.24) is 4.72 Å². The van der Waals surface area contributed by atoms with E-state index in [1.807, 2.05) is 17.5 Å². The molecule has 0 saturated heterocycles. The average Bonchev–Trinajstić information content (AvgIpc) is 3.33. The molecule has 1 heterocycles. The Labute approximate surface area is 159 Å². The van der Waals surface area contributed by atoms with E-state index < -0.39 is 15.6 Å². The summed E-state index contributed by atoms with van der Waals surface area (Å²) in [5.41, 5.74) is -1.14. The molecular formula is C19H25NO4S2. The molecule has 1 aliphatic carbocycles. The lowest BCUT2D eigenvalue weighted by atomic mass is 9.96. The predicted octanol–water partition coefficient (Wildman–Crippen LogP) is 3.36. The zero-order chi connectivity index (χ0) is 18.8. The number of hydrogen-bond acceptors (Lipinski definition) is 5. The maximum absolute atomic E-state index is 12.6. The Morgan fingerprint density at radius 3 is 2.50 bits per heavy atom. The first-order valence-corrected chi connectivity index (χ1v) is 11.2. The molecule has 3 rings (SSSR count). The molecule has 0 spiro atoms. The van der Waals surface area contributed by atoms with Gasteiger partial charge in [-0.25, -0.2) is 13.1 Å². The van der Waals surface area contributed by atoms with Crippen LogP contribution in [0.15, 0.2) is 46.7 Å². The van der Waals surface area contributed by atoms with Gasteiger partial charge in [-0.05, 0) is 60.4 Å². The maximum Gasteiger partial charge on any atom is 0.240 e. The molecule has 0 bridgehead atoms. The van der Waals surface area contributed by atoms with Gasteiger partial charge in [-0.15, -0.1) is 11.3 Å². The minimum Gasteiger partial charge on any atom is -0.493 e. The van der Waals surface area contributed by atoms with E-state index in [2.05, 4.69) is 18.6 Å². The third-order valence-electron chi connectivity index (χ3n) is 4.45. The van der Waals surface area contributed by atoms with Crippen LogP contribution in [0.25, 0.3) is 0 Å². The van der Waals surface area contributed by atoms with Crippen molar-refractivity contribution < 1.29 is 18.3 Å². The first-order valence-electron chi connectivity index (χ1n) is 8.80. The maximum atomic E-state index is 12.6. The molecule has 1 aliphatic rings. The minimum absolute atomic E-state index is 0.0217. The lowest BCUT2D eigenvalue weighted by molar-refractivity contribution is 0.0222. The van der Waals surface area contributed by atoms with Crippen LogP contribution in [-0.4, -0.2) is 26.7 Å². The number of thiophene rings is 1. The standard InChI is InChI=1S/C19H25NO4S2/c1-14(2)12-24-16-7-9-17(10-8-16)26(22,23)20-13-19(21,15-5-6-15)18-4-3-11-25-18/h3-4,7-11,14-15,20-21H,5-6,12-13H2,1-2H3. The third-order valence-corrected chi connectivity index (χ3v) is 6.90. The van der Waals surface area contributed by atoms with E-state index >= 15 is 0 Å². The fourth-order valence-electron chi connectivity index (χ4n) is 2.78. The summed E-state index contributed by atoms with van der Waals surface area (Å²) in [5.74, 6) is 1.15. The van der Waals surface area contributed by atoms with E-state index in [0.717, 1.165) is 17.7 Å². The third kappa shape index (κ3) is 4.46. The van der Waals surface area contributed by atoms with Crippen LogP contribution in [0.1, 0.15) is 31.6 Å². The highest BCUT2D eigenvalue weighted by molar-refractivity contribution is 7.89. The van der Waals surface area contributed by atoms with E-state index in [1.54, 1.807) is 12.1 Å². The van der Waals surface area contributed by atoms with Gasteiger partial charge >= 0.3 is 0 Å². The Bertz CT molecular complexity index is 812. The monoisotopic (exact) mass is 395 g/mol. The van der Waals surface area contributed by atoms with Crippen LogP contribution in [0.4, 0.5) is 0 Å². The summed E-state index contributed by atoms with van der Waals surface area (Å²) in [4.78, 5) is 0.971. The van der Waals surface area contributed by atoms with Crippen LogP contribution >= 0.6 is 11.3 Å². The zero-order valence-electron chi connectivity index (χ0n) is 15.0. The molecule has 2 N–H and O–H groups in total. The van der Waals surface area contributed by atoms with Gasteiger partial charge in [0.1, 0.15) is 11.4 Å². The van der Waals surface area contributed by atoms with Gasteiger partial charge < -0.3 is 9.84 Å². The van der Waals surface area contributed by atoms with Crippen LogP contribution in [-0.2, 0) is 15.6 Å². The Morgan fingerprint density at radius 1 is 1.27 bits per heavy atom. The fourth-order valence-corrected chi connectivity index (χ4v) is 4.76. The highest BCUT2D eigenvalue weighted by Gasteiger charge is 2.46. The number of rotatable bonds is 9. The zero-order valence-corrected chi connectivity index (χ0v) is 16.6. The van der Waals surface area contributed by atoms with Crippen molar-refractivity contribution in [3.8, 4) is 5.75 Å². The van der Waals surface area contributed by atoms with E-state index in [0.29, 0.717) is 18.3 Å². The molecule has 1 atom stereocenters. The van der Waals surface area contributed by atoms with Gasteiger partial charge in [0.25, 0.3) is 0 Å². The van der Waals surface area contributed by atoms with Crippen molar-refractivity contribution in [1.29, 1.82) is 0 Å². The Morgan fingerprint density at radius 2 is 1.96 bits per heavy atom. The smallest absolute Gasteiger partial charge is 0.240 e. The van der Waals surface area contributed by atoms with Gasteiger partial charge in [0.05, 0.1) is 11.5 Å². The first kappa shape index (κ1) is 19.4. The second-order valence-corrected chi connectivity index (χ2v) is 9.89. The van der Waals surface area contributed by atoms with Crippen LogP contribution in [0.5, 0.6) is 5.75 Å². The van der Waals surface area contributed by atoms with Crippen molar-refractivity contribution in [3.05, 3.63) is 46.7 Å². The Hall–Kier alpha value is -1.41. The van der Waals surface area contributed by atoms with E-state index in [4.69, 9.17) is 4.74 Å². The molecule has 0 amide bonds. The van der Waals surface area contributed by atoms with Crippen molar-refractivity contribution >= 4 is 21.4 Å². The predicted molar refractivity (Wildman–Crippen MR) is 103 cm³/mol. The average molecular weight is 396 g/mol. The number of sulfonamides is 1. The van der Waals surface area contributed by atoms with Gasteiger partial charge in [-0.3, -0.25) is 0 Å². The summed E-state index contributed by atoms with van der Waals surface area (Å²) in [6.45, 7) is 4.67. The lowest BCUT2D eigenvalue weighted by Gasteiger charge is -2.27. The van der Waals surface area contributed by atoms with Crippen molar-refractivity contribution in [2.45, 2.75) is 37.2 Å². The molecule has 5 nitrogen and oxygen atoms in total. The summed E-state index contributed by atoms with van der Waals surface area (Å²) in [6, 6.07) is 10.1. The molecule has 1 fully saturated rings. The number of nitrogens with one attached hydrogen (secondary N) is 1. The molecule has 2 aromatic rings. The van der Waals surface area contributed by atoms with Gasteiger partial charge in [0, 0.05) is 11.4 Å². The van der Waals surface area contributed by atoms with E-state index in [9.17, 15) is 13.5 Å². The van der Waals surface area contributed by atoms with Crippen LogP contribution in [0.3, 0.4) is 0 Å². The first-order chi connectivity index (χ1) is 12.3. The van der Waals surface area contributed by atoms with Crippen LogP contribution in [0.2, 0.25) is 0 Å². The minimum atomic E-state index is -3.70. The molecule has 1 saturated carbocycles. The molecule has 1 unspecified atom stereocenters. The molecule has 0 radical (unpaired) electrons. The summed E-state index contributed by atoms with van der Waals surface area (Å²) in [5, 5.41) is 12.9. The Kier molecular flexibility index (Phi) is 5.72. The molecule has 1 aromatic heterocycles. The van der Waals surface area contributed by atoms with Gasteiger partial charge in [0.2, 0.25) is 10.0 Å². The van der Waals surface area contributed by atoms with E-state index in [1.165, 1.54) is 23.5 Å². The molecule has 0 aliphatic heterocycles. The fraction of sp³-hybridized carbons (Fsp3) is 0.474. The lowest BCUT2D eigenvalue weighted by Crippen LogP contribution is -2.41. The van der Waals surface area contributed by atoms with Crippen molar-refractivity contribution in [2.75, 3.05) is 13.2 Å². The number of aliphatic hydroxyl groups is 1. The number of ether oxygens (including phenoxy) is 1. The SMILES string of the molecule is CC(C)COc1ccc(S(=O)(=O)NCC(O)(c2cccs2)C2CC2)cc1. The number of hydrogen-bond donors (Lipinski definition) is 2. The summed E-state index contributed by atoms with van der Waals surface area (Å²) in [6.07, 6.45) is 1.83. The van der Waals surface area contributed by atoms with E-state index in [-0.39, 0.29) is 17.4 Å².